The van der Waals surface area contributed by atoms with Crippen LogP contribution in [0.2, 0.25) is 0 Å². The molecule has 6 rings (SSSR count). The summed E-state index contributed by atoms with van der Waals surface area (Å²) in [6.45, 7) is 14.5. The minimum atomic E-state index is -0.651. The van der Waals surface area contributed by atoms with E-state index in [0.29, 0.717) is 31.4 Å². The van der Waals surface area contributed by atoms with Gasteiger partial charge in [-0.1, -0.05) is 36.6 Å². The van der Waals surface area contributed by atoms with Gasteiger partial charge in [0.25, 0.3) is 0 Å². The molecule has 2 amide bonds. The van der Waals surface area contributed by atoms with Crippen LogP contribution in [-0.4, -0.2) is 77.1 Å². The quantitative estimate of drug-likeness (QED) is 0.102. The number of likely N-dealkylation sites (tertiary alicyclic amines) is 2. The molecule has 0 aliphatic carbocycles. The van der Waals surface area contributed by atoms with Gasteiger partial charge in [-0.15, -0.1) is 0 Å². The summed E-state index contributed by atoms with van der Waals surface area (Å²) in [5.74, 6) is 1.06. The number of aromatic nitrogens is 2. The molecule has 1 unspecified atom stereocenters. The number of unbranched alkanes of at least 4 members (excludes halogenated alkanes) is 1. The molecule has 2 aliphatic rings. The minimum absolute atomic E-state index is 0.183. The molecule has 1 atom stereocenters. The van der Waals surface area contributed by atoms with Crippen molar-refractivity contribution in [3.8, 4) is 11.3 Å². The molecule has 50 heavy (non-hydrogen) atoms. The second-order valence-electron chi connectivity index (χ2n) is 14.5. The molecular formula is C41H52N6O3. The van der Waals surface area contributed by atoms with Crippen LogP contribution in [0.3, 0.4) is 0 Å². The van der Waals surface area contributed by atoms with Gasteiger partial charge in [0.05, 0.1) is 12.0 Å². The summed E-state index contributed by atoms with van der Waals surface area (Å²) in [5.41, 5.74) is 8.38. The summed E-state index contributed by atoms with van der Waals surface area (Å²) < 4.78 is 5.49. The SMILES string of the molecule is CCCCOC(=O)NC(=NCCc1c(-c2cc(C)cc(C)c2)[nH]c2ccc(C(C)(C)C(=O)N3CCCC3)cc12)N1CCC(c2ccncc2)C1. The van der Waals surface area contributed by atoms with E-state index < -0.39 is 11.5 Å². The third-order valence-corrected chi connectivity index (χ3v) is 10.3. The van der Waals surface area contributed by atoms with Gasteiger partial charge in [-0.3, -0.25) is 20.1 Å². The number of hydrogen-bond donors (Lipinski definition) is 2. The van der Waals surface area contributed by atoms with E-state index in [9.17, 15) is 9.59 Å². The molecule has 0 spiro atoms. The van der Waals surface area contributed by atoms with E-state index in [4.69, 9.17) is 9.73 Å². The number of rotatable bonds is 10. The van der Waals surface area contributed by atoms with Crippen molar-refractivity contribution < 1.29 is 14.3 Å². The standard InChI is InChI=1S/C41H52N6O3/c1-6-7-22-50-40(49)45-39(47-21-15-31(27-47)30-12-16-42-17-13-30)43-18-14-34-35-26-33(41(4,5)38(48)46-19-8-9-20-46)10-11-36(35)44-37(34)32-24-28(2)23-29(3)25-32/h10-13,16-17,23-26,31,44H,6-9,14-15,18-22,27H2,1-5H3,(H,43,45,49). The Kier molecular flexibility index (Phi) is 10.9. The number of aromatic amines is 1. The first-order valence-electron chi connectivity index (χ1n) is 18.3. The molecule has 2 aliphatic heterocycles. The molecule has 4 aromatic rings. The first kappa shape index (κ1) is 35.2. The highest BCUT2D eigenvalue weighted by Crippen LogP contribution is 2.36. The third kappa shape index (κ3) is 7.87. The van der Waals surface area contributed by atoms with Gasteiger partial charge in [-0.25, -0.2) is 4.79 Å². The van der Waals surface area contributed by atoms with E-state index in [0.717, 1.165) is 91.6 Å². The van der Waals surface area contributed by atoms with Crippen LogP contribution in [0, 0.1) is 13.8 Å². The number of H-pyrrole nitrogens is 1. The summed E-state index contributed by atoms with van der Waals surface area (Å²) in [6.07, 6.45) is 8.70. The fourth-order valence-electron chi connectivity index (χ4n) is 7.49. The first-order chi connectivity index (χ1) is 24.1. The summed E-state index contributed by atoms with van der Waals surface area (Å²) >= 11 is 0. The highest BCUT2D eigenvalue weighted by Gasteiger charge is 2.35. The van der Waals surface area contributed by atoms with Crippen molar-refractivity contribution in [2.24, 2.45) is 4.99 Å². The molecule has 2 saturated heterocycles. The number of carbonyl (C=O) groups excluding carboxylic acids is 2. The lowest BCUT2D eigenvalue weighted by Gasteiger charge is -2.29. The van der Waals surface area contributed by atoms with Crippen molar-refractivity contribution in [2.45, 2.75) is 84.5 Å². The van der Waals surface area contributed by atoms with Crippen molar-refractivity contribution in [3.63, 3.8) is 0 Å². The van der Waals surface area contributed by atoms with Crippen molar-refractivity contribution >= 4 is 28.9 Å². The topological polar surface area (TPSA) is 103 Å². The van der Waals surface area contributed by atoms with Crippen molar-refractivity contribution in [3.05, 3.63) is 88.7 Å². The average molecular weight is 677 g/mol. The van der Waals surface area contributed by atoms with Crippen LogP contribution in [0.4, 0.5) is 4.79 Å². The second kappa shape index (κ2) is 15.5. The summed E-state index contributed by atoms with van der Waals surface area (Å²) in [5, 5.41) is 4.09. The lowest BCUT2D eigenvalue weighted by atomic mass is 9.82. The number of aliphatic imine (C=N–C) groups is 1. The fraction of sp³-hybridized carbons (Fsp3) is 0.463. The van der Waals surface area contributed by atoms with E-state index in [2.05, 4.69) is 89.5 Å². The lowest BCUT2D eigenvalue weighted by Crippen LogP contribution is -2.43. The number of amides is 2. The van der Waals surface area contributed by atoms with E-state index in [1.807, 2.05) is 31.1 Å². The van der Waals surface area contributed by atoms with Crippen LogP contribution in [0.25, 0.3) is 22.2 Å². The van der Waals surface area contributed by atoms with Gasteiger partial charge in [-0.2, -0.15) is 0 Å². The average Bonchev–Trinajstić information content (AvgIpc) is 3.88. The molecule has 9 heteroatoms. The van der Waals surface area contributed by atoms with Gasteiger partial charge >= 0.3 is 6.09 Å². The van der Waals surface area contributed by atoms with Crippen molar-refractivity contribution in [2.75, 3.05) is 39.3 Å². The maximum Gasteiger partial charge on any atom is 0.413 e. The Morgan fingerprint density at radius 3 is 2.46 bits per heavy atom. The van der Waals surface area contributed by atoms with Crippen molar-refractivity contribution in [1.29, 1.82) is 0 Å². The lowest BCUT2D eigenvalue weighted by molar-refractivity contribution is -0.135. The largest absolute Gasteiger partial charge is 0.449 e. The van der Waals surface area contributed by atoms with Crippen molar-refractivity contribution in [1.82, 2.24) is 25.1 Å². The fourth-order valence-corrected chi connectivity index (χ4v) is 7.49. The number of guanidine groups is 1. The zero-order valence-electron chi connectivity index (χ0n) is 30.3. The zero-order chi connectivity index (χ0) is 35.3. The number of fused-ring (bicyclic) bond motifs is 1. The molecule has 0 bridgehead atoms. The van der Waals surface area contributed by atoms with E-state index >= 15 is 0 Å². The van der Waals surface area contributed by atoms with Gasteiger partial charge in [0.15, 0.2) is 0 Å². The highest BCUT2D eigenvalue weighted by molar-refractivity contribution is 5.95. The second-order valence-corrected chi connectivity index (χ2v) is 14.5. The number of pyridine rings is 1. The summed E-state index contributed by atoms with van der Waals surface area (Å²) in [7, 11) is 0. The molecule has 4 heterocycles. The molecular weight excluding hydrogens is 624 g/mol. The van der Waals surface area contributed by atoms with E-state index in [1.54, 1.807) is 0 Å². The molecule has 2 aromatic carbocycles. The Morgan fingerprint density at radius 1 is 1.00 bits per heavy atom. The molecule has 0 saturated carbocycles. The summed E-state index contributed by atoms with van der Waals surface area (Å²) in [4.78, 5) is 43.7. The Hall–Kier alpha value is -4.66. The number of nitrogens with zero attached hydrogens (tertiary/aromatic N) is 4. The van der Waals surface area contributed by atoms with Gasteiger partial charge < -0.3 is 19.5 Å². The molecule has 2 N–H and O–H groups in total. The maximum absolute atomic E-state index is 13.7. The Labute approximate surface area is 296 Å². The minimum Gasteiger partial charge on any atom is -0.449 e. The highest BCUT2D eigenvalue weighted by atomic mass is 16.5. The normalized spacial score (nSPS) is 16.7. The molecule has 9 nitrogen and oxygen atoms in total. The van der Waals surface area contributed by atoms with Crippen LogP contribution in [-0.2, 0) is 21.4 Å². The van der Waals surface area contributed by atoms with E-state index in [-0.39, 0.29) is 5.91 Å². The molecule has 264 valence electrons. The number of hydrogen-bond acceptors (Lipinski definition) is 5. The van der Waals surface area contributed by atoms with Crippen LogP contribution in [0.1, 0.15) is 86.6 Å². The maximum atomic E-state index is 13.7. The smallest absolute Gasteiger partial charge is 0.413 e. The molecule has 2 aromatic heterocycles. The van der Waals surface area contributed by atoms with Crippen LogP contribution in [0.5, 0.6) is 0 Å². The Balaban J connectivity index is 1.33. The van der Waals surface area contributed by atoms with Gasteiger partial charge in [0.1, 0.15) is 0 Å². The number of ether oxygens (including phenoxy) is 1. The predicted molar refractivity (Wildman–Crippen MR) is 201 cm³/mol. The summed E-state index contributed by atoms with van der Waals surface area (Å²) in [6, 6.07) is 17.2. The monoisotopic (exact) mass is 676 g/mol. The molecule has 2 fully saturated rings. The van der Waals surface area contributed by atoms with Crippen LogP contribution in [0.15, 0.2) is 65.9 Å². The predicted octanol–water partition coefficient (Wildman–Crippen LogP) is 7.66. The van der Waals surface area contributed by atoms with E-state index in [1.165, 1.54) is 16.7 Å². The number of alkyl carbamates (subject to hydrolysis) is 1. The van der Waals surface area contributed by atoms with Gasteiger partial charge in [0, 0.05) is 67.6 Å². The Morgan fingerprint density at radius 2 is 1.74 bits per heavy atom. The van der Waals surface area contributed by atoms with Crippen LogP contribution >= 0.6 is 0 Å². The zero-order valence-corrected chi connectivity index (χ0v) is 30.3. The van der Waals surface area contributed by atoms with Gasteiger partial charge in [-0.05, 0) is 118 Å². The number of nitrogens with one attached hydrogen (secondary N) is 2. The number of carbonyl (C=O) groups is 2. The molecule has 0 radical (unpaired) electrons. The third-order valence-electron chi connectivity index (χ3n) is 10.3. The number of benzene rings is 2. The van der Waals surface area contributed by atoms with Crippen LogP contribution < -0.4 is 5.32 Å². The Bertz CT molecular complexity index is 1820. The van der Waals surface area contributed by atoms with Gasteiger partial charge in [0.2, 0.25) is 11.9 Å². The number of aryl methyl sites for hydroxylation is 2. The first-order valence-corrected chi connectivity index (χ1v) is 18.3.